The van der Waals surface area contributed by atoms with Crippen LogP contribution in [-0.4, -0.2) is 37.4 Å². The van der Waals surface area contributed by atoms with Crippen molar-refractivity contribution in [2.24, 2.45) is 0 Å². The minimum absolute atomic E-state index is 0.0606. The third kappa shape index (κ3) is 4.19. The van der Waals surface area contributed by atoms with Crippen molar-refractivity contribution in [2.75, 3.05) is 13.6 Å². The maximum Gasteiger partial charge on any atom is 0.328 e. The highest BCUT2D eigenvalue weighted by molar-refractivity contribution is 7.89. The Bertz CT molecular complexity index is 659. The summed E-state index contributed by atoms with van der Waals surface area (Å²) < 4.78 is 25.5. The van der Waals surface area contributed by atoms with Gasteiger partial charge >= 0.3 is 5.97 Å². The van der Waals surface area contributed by atoms with Gasteiger partial charge in [0.1, 0.15) is 0 Å². The molecule has 20 heavy (non-hydrogen) atoms. The standard InChI is InChI=1S/C13H14N2O4S/c1-15(9-3-8-14)20(18,19)12-5-2-4-11(10-12)6-7-13(16)17/h2,4-7,10H,3,9H2,1H3,(H,16,17). The van der Waals surface area contributed by atoms with E-state index < -0.39 is 16.0 Å². The molecule has 0 aromatic heterocycles. The number of sulfonamides is 1. The Morgan fingerprint density at radius 2 is 2.20 bits per heavy atom. The molecule has 0 atom stereocenters. The van der Waals surface area contributed by atoms with E-state index in [1.807, 2.05) is 6.07 Å². The predicted molar refractivity (Wildman–Crippen MR) is 73.2 cm³/mol. The van der Waals surface area contributed by atoms with E-state index in [1.54, 1.807) is 6.07 Å². The monoisotopic (exact) mass is 294 g/mol. The lowest BCUT2D eigenvalue weighted by atomic mass is 10.2. The molecule has 0 bridgehead atoms. The van der Waals surface area contributed by atoms with Gasteiger partial charge in [0.25, 0.3) is 0 Å². The Labute approximate surface area is 117 Å². The van der Waals surface area contributed by atoms with Gasteiger partial charge in [0.15, 0.2) is 0 Å². The van der Waals surface area contributed by atoms with Crippen molar-refractivity contribution in [3.8, 4) is 6.07 Å². The van der Waals surface area contributed by atoms with E-state index in [0.29, 0.717) is 5.56 Å². The second kappa shape index (κ2) is 6.84. The normalized spacial score (nSPS) is 11.7. The molecule has 6 nitrogen and oxygen atoms in total. The van der Waals surface area contributed by atoms with E-state index >= 15 is 0 Å². The number of hydrogen-bond donors (Lipinski definition) is 1. The lowest BCUT2D eigenvalue weighted by Gasteiger charge is -2.15. The molecule has 0 aliphatic heterocycles. The molecule has 1 aromatic rings. The van der Waals surface area contributed by atoms with Crippen LogP contribution in [0.2, 0.25) is 0 Å². The average Bonchev–Trinajstić information content (AvgIpc) is 2.42. The summed E-state index contributed by atoms with van der Waals surface area (Å²) >= 11 is 0. The SMILES string of the molecule is CN(CCC#N)S(=O)(=O)c1cccc(C=CC(=O)O)c1. The zero-order valence-electron chi connectivity index (χ0n) is 10.9. The smallest absolute Gasteiger partial charge is 0.328 e. The molecule has 106 valence electrons. The first kappa shape index (κ1) is 15.9. The maximum atomic E-state index is 12.2. The number of carbonyl (C=O) groups is 1. The number of carboxylic acid groups (broad SMARTS) is 1. The zero-order valence-corrected chi connectivity index (χ0v) is 11.7. The fraction of sp³-hybridized carbons (Fsp3) is 0.231. The van der Waals surface area contributed by atoms with Gasteiger partial charge in [-0.15, -0.1) is 0 Å². The summed E-state index contributed by atoms with van der Waals surface area (Å²) in [5.41, 5.74) is 0.474. The number of benzene rings is 1. The Hall–Kier alpha value is -2.17. The first-order chi connectivity index (χ1) is 9.37. The highest BCUT2D eigenvalue weighted by Gasteiger charge is 2.20. The molecule has 0 spiro atoms. The zero-order chi connectivity index (χ0) is 15.2. The molecule has 1 rings (SSSR count). The third-order valence-corrected chi connectivity index (χ3v) is 4.38. The van der Waals surface area contributed by atoms with Gasteiger partial charge in [-0.05, 0) is 23.8 Å². The van der Waals surface area contributed by atoms with Crippen molar-refractivity contribution in [1.82, 2.24) is 4.31 Å². The van der Waals surface area contributed by atoms with Crippen LogP contribution < -0.4 is 0 Å². The summed E-state index contributed by atoms with van der Waals surface area (Å²) in [7, 11) is -2.28. The summed E-state index contributed by atoms with van der Waals surface area (Å²) in [6.45, 7) is 0.105. The molecule has 0 radical (unpaired) electrons. The van der Waals surface area contributed by atoms with Gasteiger partial charge < -0.3 is 5.11 Å². The number of hydrogen-bond acceptors (Lipinski definition) is 4. The highest BCUT2D eigenvalue weighted by Crippen LogP contribution is 2.17. The number of carboxylic acids is 1. The topological polar surface area (TPSA) is 98.5 Å². The van der Waals surface area contributed by atoms with Gasteiger partial charge in [-0.2, -0.15) is 9.57 Å². The van der Waals surface area contributed by atoms with E-state index in [4.69, 9.17) is 10.4 Å². The highest BCUT2D eigenvalue weighted by atomic mass is 32.2. The van der Waals surface area contributed by atoms with Crippen molar-refractivity contribution in [3.05, 3.63) is 35.9 Å². The molecule has 1 aromatic carbocycles. The second-order valence-electron chi connectivity index (χ2n) is 3.98. The van der Waals surface area contributed by atoms with Crippen molar-refractivity contribution in [2.45, 2.75) is 11.3 Å². The van der Waals surface area contributed by atoms with Crippen LogP contribution in [0.5, 0.6) is 0 Å². The van der Waals surface area contributed by atoms with Crippen LogP contribution in [0, 0.1) is 11.3 Å². The van der Waals surface area contributed by atoms with Crippen LogP contribution in [0.3, 0.4) is 0 Å². The third-order valence-electron chi connectivity index (χ3n) is 2.52. The molecule has 0 saturated heterocycles. The summed E-state index contributed by atoms with van der Waals surface area (Å²) in [6.07, 6.45) is 2.36. The van der Waals surface area contributed by atoms with Crippen molar-refractivity contribution in [1.29, 1.82) is 5.26 Å². The number of nitriles is 1. The lowest BCUT2D eigenvalue weighted by molar-refractivity contribution is -0.131. The number of rotatable bonds is 6. The van der Waals surface area contributed by atoms with Gasteiger partial charge in [-0.3, -0.25) is 0 Å². The van der Waals surface area contributed by atoms with Crippen LogP contribution in [0.25, 0.3) is 6.08 Å². The molecule has 0 aliphatic carbocycles. The van der Waals surface area contributed by atoms with Crippen LogP contribution in [0.1, 0.15) is 12.0 Å². The van der Waals surface area contributed by atoms with E-state index in [2.05, 4.69) is 0 Å². The first-order valence-corrected chi connectivity index (χ1v) is 7.16. The van der Waals surface area contributed by atoms with Gasteiger partial charge in [0, 0.05) is 26.1 Å². The first-order valence-electron chi connectivity index (χ1n) is 5.72. The second-order valence-corrected chi connectivity index (χ2v) is 6.02. The van der Waals surface area contributed by atoms with Crippen LogP contribution in [0.4, 0.5) is 0 Å². The predicted octanol–water partition coefficient (Wildman–Crippen LogP) is 1.32. The van der Waals surface area contributed by atoms with E-state index in [-0.39, 0.29) is 17.9 Å². The number of nitrogens with zero attached hydrogens (tertiary/aromatic N) is 2. The summed E-state index contributed by atoms with van der Waals surface area (Å²) in [5.74, 6) is -1.11. The summed E-state index contributed by atoms with van der Waals surface area (Å²) in [4.78, 5) is 10.5. The fourth-order valence-electron chi connectivity index (χ4n) is 1.45. The minimum Gasteiger partial charge on any atom is -0.478 e. The Balaban J connectivity index is 3.05. The van der Waals surface area contributed by atoms with Crippen LogP contribution >= 0.6 is 0 Å². The largest absolute Gasteiger partial charge is 0.478 e. The maximum absolute atomic E-state index is 12.2. The van der Waals surface area contributed by atoms with E-state index in [9.17, 15) is 13.2 Å². The van der Waals surface area contributed by atoms with Gasteiger partial charge in [-0.25, -0.2) is 13.2 Å². The molecular formula is C13H14N2O4S. The molecule has 0 unspecified atom stereocenters. The molecule has 0 aliphatic rings. The van der Waals surface area contributed by atoms with Crippen molar-refractivity contribution in [3.63, 3.8) is 0 Å². The number of aliphatic carboxylic acids is 1. The fourth-order valence-corrected chi connectivity index (χ4v) is 2.68. The van der Waals surface area contributed by atoms with Gasteiger partial charge in [0.05, 0.1) is 11.0 Å². The van der Waals surface area contributed by atoms with Gasteiger partial charge in [0.2, 0.25) is 10.0 Å². The van der Waals surface area contributed by atoms with E-state index in [1.165, 1.54) is 31.3 Å². The Morgan fingerprint density at radius 1 is 1.50 bits per heavy atom. The van der Waals surface area contributed by atoms with E-state index in [0.717, 1.165) is 10.4 Å². The van der Waals surface area contributed by atoms with Crippen molar-refractivity contribution >= 4 is 22.1 Å². The van der Waals surface area contributed by atoms with Gasteiger partial charge in [-0.1, -0.05) is 12.1 Å². The molecular weight excluding hydrogens is 280 g/mol. The molecule has 0 heterocycles. The summed E-state index contributed by atoms with van der Waals surface area (Å²) in [5, 5.41) is 17.0. The molecule has 0 saturated carbocycles. The van der Waals surface area contributed by atoms with Crippen LogP contribution in [0.15, 0.2) is 35.2 Å². The Kier molecular flexibility index (Phi) is 5.43. The Morgan fingerprint density at radius 3 is 2.80 bits per heavy atom. The van der Waals surface area contributed by atoms with Crippen molar-refractivity contribution < 1.29 is 18.3 Å². The molecule has 7 heteroatoms. The van der Waals surface area contributed by atoms with Crippen LogP contribution in [-0.2, 0) is 14.8 Å². The lowest BCUT2D eigenvalue weighted by Crippen LogP contribution is -2.27. The molecule has 0 fully saturated rings. The minimum atomic E-state index is -3.67. The quantitative estimate of drug-likeness (QED) is 0.798. The average molecular weight is 294 g/mol. The molecule has 0 amide bonds. The molecule has 1 N–H and O–H groups in total. The summed E-state index contributed by atoms with van der Waals surface area (Å²) in [6, 6.07) is 7.84.